The molecule has 2 aromatic carbocycles. The van der Waals surface area contributed by atoms with Crippen molar-refractivity contribution in [2.45, 2.75) is 77.6 Å². The van der Waals surface area contributed by atoms with Crippen molar-refractivity contribution in [3.63, 3.8) is 0 Å². The predicted octanol–water partition coefficient (Wildman–Crippen LogP) is 6.22. The molecule has 4 heterocycles. The number of hydrogen-bond donors (Lipinski definition) is 1. The maximum Gasteiger partial charge on any atom is 0.324 e. The second-order valence-electron chi connectivity index (χ2n) is 13.3. The lowest BCUT2D eigenvalue weighted by Crippen LogP contribution is -2.56. The van der Waals surface area contributed by atoms with Crippen molar-refractivity contribution in [3.05, 3.63) is 77.6 Å². The van der Waals surface area contributed by atoms with Gasteiger partial charge >= 0.3 is 5.97 Å². The highest BCUT2D eigenvalue weighted by Gasteiger charge is 2.34. The van der Waals surface area contributed by atoms with Gasteiger partial charge in [-0.15, -0.1) is 0 Å². The number of aromatic nitrogens is 2. The maximum absolute atomic E-state index is 13.4. The van der Waals surface area contributed by atoms with Gasteiger partial charge in [-0.3, -0.25) is 19.6 Å². The largest absolute Gasteiger partial charge is 0.464 e. The van der Waals surface area contributed by atoms with E-state index in [1.807, 2.05) is 19.2 Å². The van der Waals surface area contributed by atoms with Gasteiger partial charge in [-0.2, -0.15) is 0 Å². The van der Waals surface area contributed by atoms with Crippen LogP contribution in [0.5, 0.6) is 0 Å². The van der Waals surface area contributed by atoms with E-state index in [-0.39, 0.29) is 24.6 Å². The van der Waals surface area contributed by atoms with E-state index in [4.69, 9.17) is 14.5 Å². The molecule has 46 heavy (non-hydrogen) atoms. The smallest absolute Gasteiger partial charge is 0.324 e. The minimum Gasteiger partial charge on any atom is -0.464 e. The molecule has 2 aliphatic heterocycles. The van der Waals surface area contributed by atoms with Gasteiger partial charge in [0.2, 0.25) is 5.91 Å². The SMILES string of the molecule is CCn1c(-c2cccnc2[C@H](C)OC)c2c3cc(ccc31)-c1cccc(c1)C[C@H]([Si])C(=O)N1CCC[C@H](N1)C(=O)OCC(C)(C)C2. The first-order chi connectivity index (χ1) is 22.1. The number of pyridine rings is 1. The van der Waals surface area contributed by atoms with Crippen LogP contribution in [0.3, 0.4) is 0 Å². The molecule has 1 saturated heterocycles. The van der Waals surface area contributed by atoms with Gasteiger partial charge in [-0.05, 0) is 86.1 Å². The van der Waals surface area contributed by atoms with E-state index in [2.05, 4.69) is 89.5 Å². The highest BCUT2D eigenvalue weighted by atomic mass is 28.1. The first kappa shape index (κ1) is 32.2. The summed E-state index contributed by atoms with van der Waals surface area (Å²) in [5, 5.41) is 2.75. The second kappa shape index (κ2) is 13.1. The Morgan fingerprint density at radius 2 is 1.93 bits per heavy atom. The zero-order chi connectivity index (χ0) is 32.6. The number of hydrogen-bond acceptors (Lipinski definition) is 6. The van der Waals surface area contributed by atoms with Crippen molar-refractivity contribution in [3.8, 4) is 22.4 Å². The van der Waals surface area contributed by atoms with E-state index in [0.717, 1.165) is 57.5 Å². The van der Waals surface area contributed by atoms with Gasteiger partial charge in [-0.1, -0.05) is 44.2 Å². The molecular weight excluding hydrogens is 593 g/mol. The lowest BCUT2D eigenvalue weighted by Gasteiger charge is -2.35. The Morgan fingerprint density at radius 3 is 2.72 bits per heavy atom. The summed E-state index contributed by atoms with van der Waals surface area (Å²) in [6.45, 7) is 10.1. The number of fused-ring (bicyclic) bond motifs is 6. The van der Waals surface area contributed by atoms with E-state index >= 15 is 0 Å². The zero-order valence-corrected chi connectivity index (χ0v) is 28.4. The van der Waals surface area contributed by atoms with Crippen LogP contribution in [0, 0.1) is 5.41 Å². The van der Waals surface area contributed by atoms with Gasteiger partial charge < -0.3 is 14.0 Å². The number of carbonyl (C=O) groups excluding carboxylic acids is 2. The second-order valence-corrected chi connectivity index (χ2v) is 14.0. The van der Waals surface area contributed by atoms with Gasteiger partial charge in [0.05, 0.1) is 24.1 Å². The number of nitrogens with one attached hydrogen (secondary N) is 1. The molecule has 9 heteroatoms. The number of rotatable bonds is 4. The standard InChI is InChI=1S/C37H43N4O4Si/c1-6-40-31-15-14-26-20-28(31)29(34(40)27-12-8-16-38-33(27)23(2)44-5)21-37(3,4)22-45-36(43)30-13-9-17-41(39-30)35(42)32(46)19-24-10-7-11-25(26)18-24/h7-8,10-12,14-16,18,20,23,30,32,39H,6,9,13,17,19,21-22H2,1-5H3/t23-,30-,32-/m0/s1. The molecule has 8 nitrogen and oxygen atoms in total. The molecule has 6 rings (SSSR count). The molecule has 1 amide bonds. The molecule has 6 bridgehead atoms. The van der Waals surface area contributed by atoms with Gasteiger partial charge in [0.15, 0.2) is 0 Å². The van der Waals surface area contributed by atoms with Gasteiger partial charge in [0.25, 0.3) is 0 Å². The Hall–Kier alpha value is -3.79. The first-order valence-corrected chi connectivity index (χ1v) is 16.9. The van der Waals surface area contributed by atoms with Crippen LogP contribution in [0.15, 0.2) is 60.8 Å². The van der Waals surface area contributed by atoms with Crippen LogP contribution < -0.4 is 5.43 Å². The summed E-state index contributed by atoms with van der Waals surface area (Å²) in [5.74, 6) is -0.412. The number of nitrogens with zero attached hydrogens (tertiary/aromatic N) is 3. The zero-order valence-electron chi connectivity index (χ0n) is 27.4. The van der Waals surface area contributed by atoms with Crippen molar-refractivity contribution in [1.82, 2.24) is 20.0 Å². The summed E-state index contributed by atoms with van der Waals surface area (Å²) in [5.41, 5.74) is 11.0. The number of hydrazine groups is 1. The number of amides is 1. The molecule has 1 fully saturated rings. The Kier molecular flexibility index (Phi) is 9.19. The summed E-state index contributed by atoms with van der Waals surface area (Å²) >= 11 is 0. The molecule has 0 unspecified atom stereocenters. The molecule has 4 aromatic rings. The molecule has 1 N–H and O–H groups in total. The van der Waals surface area contributed by atoms with Crippen LogP contribution in [0.1, 0.15) is 63.5 Å². The maximum atomic E-state index is 13.4. The predicted molar refractivity (Wildman–Crippen MR) is 181 cm³/mol. The normalized spacial score (nSPS) is 21.1. The van der Waals surface area contributed by atoms with Crippen molar-refractivity contribution in [1.29, 1.82) is 0 Å². The summed E-state index contributed by atoms with van der Waals surface area (Å²) in [7, 11) is 5.42. The van der Waals surface area contributed by atoms with Crippen LogP contribution >= 0.6 is 0 Å². The van der Waals surface area contributed by atoms with Crippen molar-refractivity contribution < 1.29 is 19.1 Å². The highest BCUT2D eigenvalue weighted by molar-refractivity contribution is 6.23. The molecule has 3 radical (unpaired) electrons. The van der Waals surface area contributed by atoms with Gasteiger partial charge in [0.1, 0.15) is 6.04 Å². The van der Waals surface area contributed by atoms with E-state index in [9.17, 15) is 9.59 Å². The van der Waals surface area contributed by atoms with Crippen molar-refractivity contribution in [2.24, 2.45) is 5.41 Å². The van der Waals surface area contributed by atoms with Crippen LogP contribution in [-0.4, -0.2) is 63.0 Å². The average molecular weight is 636 g/mol. The summed E-state index contributed by atoms with van der Waals surface area (Å²) in [4.78, 5) is 31.6. The average Bonchev–Trinajstić information content (AvgIpc) is 3.37. The summed E-state index contributed by atoms with van der Waals surface area (Å²) in [6.07, 6.45) is 4.18. The van der Waals surface area contributed by atoms with Crippen molar-refractivity contribution >= 4 is 33.0 Å². The van der Waals surface area contributed by atoms with Crippen molar-refractivity contribution in [2.75, 3.05) is 20.3 Å². The van der Waals surface area contributed by atoms with Crippen LogP contribution in [0.2, 0.25) is 5.54 Å². The molecule has 3 atom stereocenters. The Balaban J connectivity index is 1.55. The summed E-state index contributed by atoms with van der Waals surface area (Å²) < 4.78 is 14.1. The topological polar surface area (TPSA) is 85.7 Å². The first-order valence-electron chi connectivity index (χ1n) is 16.3. The fraction of sp³-hybridized carbons (Fsp3) is 0.432. The number of carbonyl (C=O) groups is 2. The molecule has 0 aliphatic carbocycles. The van der Waals surface area contributed by atoms with E-state index in [0.29, 0.717) is 25.8 Å². The lowest BCUT2D eigenvalue weighted by atomic mass is 9.84. The lowest BCUT2D eigenvalue weighted by molar-refractivity contribution is -0.154. The Bertz CT molecular complexity index is 1770. The van der Waals surface area contributed by atoms with Crippen LogP contribution in [0.4, 0.5) is 0 Å². The minimum absolute atomic E-state index is 0.0851. The molecule has 239 valence electrons. The summed E-state index contributed by atoms with van der Waals surface area (Å²) in [6, 6.07) is 18.7. The number of benzene rings is 2. The van der Waals surface area contributed by atoms with Gasteiger partial charge in [0, 0.05) is 64.1 Å². The fourth-order valence-corrected chi connectivity index (χ4v) is 7.26. The molecule has 2 aliphatic rings. The fourth-order valence-electron chi connectivity index (χ4n) is 6.87. The quantitative estimate of drug-likeness (QED) is 0.212. The Morgan fingerprint density at radius 1 is 1.13 bits per heavy atom. The number of esters is 1. The van der Waals surface area contributed by atoms with E-state index < -0.39 is 17.0 Å². The number of cyclic esters (lactones) is 1. The molecule has 0 spiro atoms. The van der Waals surface area contributed by atoms with Crippen LogP contribution in [-0.2, 0) is 38.4 Å². The highest BCUT2D eigenvalue weighted by Crippen LogP contribution is 2.42. The van der Waals surface area contributed by atoms with E-state index in [1.165, 1.54) is 5.56 Å². The monoisotopic (exact) mass is 635 g/mol. The third-order valence-electron chi connectivity index (χ3n) is 9.31. The molecule has 0 saturated carbocycles. The van der Waals surface area contributed by atoms with Gasteiger partial charge in [-0.25, -0.2) is 5.43 Å². The number of aryl methyl sites for hydroxylation is 1. The third-order valence-corrected chi connectivity index (χ3v) is 9.76. The van der Waals surface area contributed by atoms with E-state index in [1.54, 1.807) is 12.1 Å². The third kappa shape index (κ3) is 6.28. The van der Waals surface area contributed by atoms with Crippen LogP contribution in [0.25, 0.3) is 33.3 Å². The molecular formula is C37H43N4O4Si. The minimum atomic E-state index is -0.566. The molecule has 2 aromatic heterocycles. The Labute approximate surface area is 274 Å². The number of ether oxygens (including phenoxy) is 2. The number of methoxy groups -OCH3 is 1.